The Labute approximate surface area is 147 Å². The van der Waals surface area contributed by atoms with E-state index in [1.165, 1.54) is 6.20 Å². The molecule has 3 heterocycles. The van der Waals surface area contributed by atoms with Crippen molar-refractivity contribution in [2.75, 3.05) is 46.3 Å². The zero-order chi connectivity index (χ0) is 17.8. The number of ether oxygens (including phenoxy) is 1. The molecule has 136 valence electrons. The van der Waals surface area contributed by atoms with Crippen molar-refractivity contribution in [3.05, 3.63) is 24.0 Å². The predicted molar refractivity (Wildman–Crippen MR) is 92.4 cm³/mol. The first-order chi connectivity index (χ1) is 12.0. The zero-order valence-electron chi connectivity index (χ0n) is 14.6. The molecule has 2 aliphatic heterocycles. The molecule has 0 bridgehead atoms. The highest BCUT2D eigenvalue weighted by atomic mass is 16.5. The Morgan fingerprint density at radius 1 is 1.20 bits per heavy atom. The van der Waals surface area contributed by atoms with Crippen LogP contribution in [0, 0.1) is 0 Å². The lowest BCUT2D eigenvalue weighted by molar-refractivity contribution is 0.0750. The number of pyridine rings is 1. The summed E-state index contributed by atoms with van der Waals surface area (Å²) in [4.78, 5) is 33.9. The summed E-state index contributed by atoms with van der Waals surface area (Å²) in [6, 6.07) is 3.34. The van der Waals surface area contributed by atoms with Gasteiger partial charge in [0.15, 0.2) is 0 Å². The van der Waals surface area contributed by atoms with Crippen molar-refractivity contribution in [2.24, 2.45) is 5.73 Å². The second-order valence-electron chi connectivity index (χ2n) is 6.64. The molecule has 0 saturated carbocycles. The molecule has 3 rings (SSSR count). The van der Waals surface area contributed by atoms with Crippen LogP contribution in [0.15, 0.2) is 18.3 Å². The van der Waals surface area contributed by atoms with Gasteiger partial charge in [0, 0.05) is 45.0 Å². The molecular weight excluding hydrogens is 322 g/mol. The lowest BCUT2D eigenvalue weighted by Gasteiger charge is -2.39. The number of likely N-dealkylation sites (N-methyl/N-ethyl adjacent to an activating group) is 1. The number of carbonyl (C=O) groups excluding carboxylic acids is 2. The van der Waals surface area contributed by atoms with Gasteiger partial charge in [0.25, 0.3) is 5.91 Å². The second-order valence-corrected chi connectivity index (χ2v) is 6.64. The highest BCUT2D eigenvalue weighted by Crippen LogP contribution is 2.20. The molecule has 0 spiro atoms. The second kappa shape index (κ2) is 7.69. The molecule has 3 amide bonds. The molecule has 1 atom stereocenters. The van der Waals surface area contributed by atoms with Gasteiger partial charge in [-0.3, -0.25) is 9.78 Å². The molecule has 0 radical (unpaired) electrons. The Morgan fingerprint density at radius 3 is 2.68 bits per heavy atom. The smallest absolute Gasteiger partial charge is 0.320 e. The zero-order valence-corrected chi connectivity index (χ0v) is 14.6. The number of nitrogens with zero attached hydrogens (tertiary/aromatic N) is 4. The number of aromatic nitrogens is 1. The summed E-state index contributed by atoms with van der Waals surface area (Å²) in [5, 5.41) is 0. The molecule has 2 N–H and O–H groups in total. The molecule has 2 fully saturated rings. The summed E-state index contributed by atoms with van der Waals surface area (Å²) < 4.78 is 5.96. The van der Waals surface area contributed by atoms with Gasteiger partial charge in [-0.25, -0.2) is 4.79 Å². The standard InChI is InChI=1S/C17H25N5O3/c1-20-7-9-21(10-8-20)17(24)22-6-2-3-14(12-22)25-13-4-5-19-15(11-13)16(18)23/h4-5,11,14H,2-3,6-10,12H2,1H3,(H2,18,23). The molecule has 2 aliphatic rings. The van der Waals surface area contributed by atoms with Crippen LogP contribution in [-0.2, 0) is 0 Å². The molecule has 0 aliphatic carbocycles. The molecule has 1 unspecified atom stereocenters. The third kappa shape index (κ3) is 4.39. The number of likely N-dealkylation sites (tertiary alicyclic amines) is 1. The van der Waals surface area contributed by atoms with Crippen LogP contribution in [0.1, 0.15) is 23.3 Å². The Balaban J connectivity index is 1.58. The largest absolute Gasteiger partial charge is 0.488 e. The van der Waals surface area contributed by atoms with Gasteiger partial charge in [-0.15, -0.1) is 0 Å². The highest BCUT2D eigenvalue weighted by Gasteiger charge is 2.29. The van der Waals surface area contributed by atoms with E-state index in [9.17, 15) is 9.59 Å². The van der Waals surface area contributed by atoms with Crippen LogP contribution in [0.4, 0.5) is 4.79 Å². The number of carbonyl (C=O) groups is 2. The quantitative estimate of drug-likeness (QED) is 0.854. The Kier molecular flexibility index (Phi) is 5.37. The first kappa shape index (κ1) is 17.5. The monoisotopic (exact) mass is 347 g/mol. The van der Waals surface area contributed by atoms with E-state index >= 15 is 0 Å². The van der Waals surface area contributed by atoms with E-state index in [1.807, 2.05) is 9.80 Å². The van der Waals surface area contributed by atoms with Gasteiger partial charge in [-0.05, 0) is 26.0 Å². The summed E-state index contributed by atoms with van der Waals surface area (Å²) in [5.74, 6) is -0.0244. The fourth-order valence-electron chi connectivity index (χ4n) is 3.22. The summed E-state index contributed by atoms with van der Waals surface area (Å²) in [7, 11) is 2.07. The summed E-state index contributed by atoms with van der Waals surface area (Å²) in [6.45, 7) is 4.67. The van der Waals surface area contributed by atoms with Crippen molar-refractivity contribution in [3.63, 3.8) is 0 Å². The van der Waals surface area contributed by atoms with E-state index in [4.69, 9.17) is 10.5 Å². The number of piperazine rings is 1. The molecule has 8 nitrogen and oxygen atoms in total. The Morgan fingerprint density at radius 2 is 1.96 bits per heavy atom. The minimum Gasteiger partial charge on any atom is -0.488 e. The SMILES string of the molecule is CN1CCN(C(=O)N2CCCC(Oc3ccnc(C(N)=O)c3)C2)CC1. The molecule has 1 aromatic rings. The fourth-order valence-corrected chi connectivity index (χ4v) is 3.22. The van der Waals surface area contributed by atoms with Gasteiger partial charge in [0.1, 0.15) is 17.5 Å². The van der Waals surface area contributed by atoms with Crippen LogP contribution in [0.5, 0.6) is 5.75 Å². The number of urea groups is 1. The topological polar surface area (TPSA) is 92.0 Å². The molecule has 25 heavy (non-hydrogen) atoms. The van der Waals surface area contributed by atoms with E-state index in [1.54, 1.807) is 12.1 Å². The predicted octanol–water partition coefficient (Wildman–Crippen LogP) is 0.391. The maximum atomic E-state index is 12.7. The van der Waals surface area contributed by atoms with Crippen LogP contribution in [0.3, 0.4) is 0 Å². The lowest BCUT2D eigenvalue weighted by Crippen LogP contribution is -2.54. The molecular formula is C17H25N5O3. The Bertz CT molecular complexity index is 630. The highest BCUT2D eigenvalue weighted by molar-refractivity contribution is 5.91. The first-order valence-corrected chi connectivity index (χ1v) is 8.68. The molecule has 1 aromatic heterocycles. The van der Waals surface area contributed by atoms with Gasteiger partial charge in [0.05, 0.1) is 6.54 Å². The third-order valence-electron chi connectivity index (χ3n) is 4.71. The van der Waals surface area contributed by atoms with Gasteiger partial charge in [-0.2, -0.15) is 0 Å². The van der Waals surface area contributed by atoms with E-state index < -0.39 is 5.91 Å². The number of primary amides is 1. The van der Waals surface area contributed by atoms with Gasteiger partial charge in [0.2, 0.25) is 0 Å². The number of nitrogens with two attached hydrogens (primary N) is 1. The number of hydrogen-bond acceptors (Lipinski definition) is 5. The van der Waals surface area contributed by atoms with Crippen molar-refractivity contribution in [1.82, 2.24) is 19.7 Å². The van der Waals surface area contributed by atoms with Gasteiger partial charge in [-0.1, -0.05) is 0 Å². The summed E-state index contributed by atoms with van der Waals surface area (Å²) in [5.41, 5.74) is 5.43. The summed E-state index contributed by atoms with van der Waals surface area (Å²) >= 11 is 0. The van der Waals surface area contributed by atoms with Gasteiger partial charge < -0.3 is 25.2 Å². The van der Waals surface area contributed by atoms with Crippen LogP contribution < -0.4 is 10.5 Å². The molecule has 2 saturated heterocycles. The van der Waals surface area contributed by atoms with E-state index in [0.29, 0.717) is 12.3 Å². The minimum absolute atomic E-state index is 0.0895. The maximum Gasteiger partial charge on any atom is 0.320 e. The van der Waals surface area contributed by atoms with Crippen molar-refractivity contribution >= 4 is 11.9 Å². The number of rotatable bonds is 3. The fraction of sp³-hybridized carbons (Fsp3) is 0.588. The van der Waals surface area contributed by atoms with Crippen LogP contribution in [-0.4, -0.2) is 84.0 Å². The Hall–Kier alpha value is -2.35. The van der Waals surface area contributed by atoms with E-state index in [-0.39, 0.29) is 17.8 Å². The molecule has 8 heteroatoms. The van der Waals surface area contributed by atoms with E-state index in [0.717, 1.165) is 45.6 Å². The number of amides is 3. The van der Waals surface area contributed by atoms with Crippen molar-refractivity contribution in [2.45, 2.75) is 18.9 Å². The lowest BCUT2D eigenvalue weighted by atomic mass is 10.1. The van der Waals surface area contributed by atoms with E-state index in [2.05, 4.69) is 16.9 Å². The van der Waals surface area contributed by atoms with Crippen LogP contribution in [0.25, 0.3) is 0 Å². The normalized spacial score (nSPS) is 21.9. The number of hydrogen-bond donors (Lipinski definition) is 1. The number of piperidine rings is 1. The first-order valence-electron chi connectivity index (χ1n) is 8.68. The van der Waals surface area contributed by atoms with Crippen molar-refractivity contribution in [1.29, 1.82) is 0 Å². The van der Waals surface area contributed by atoms with Crippen molar-refractivity contribution < 1.29 is 14.3 Å². The maximum absolute atomic E-state index is 12.7. The molecule has 0 aromatic carbocycles. The third-order valence-corrected chi connectivity index (χ3v) is 4.71. The average molecular weight is 347 g/mol. The summed E-state index contributed by atoms with van der Waals surface area (Å²) in [6.07, 6.45) is 3.19. The average Bonchev–Trinajstić information content (AvgIpc) is 2.62. The van der Waals surface area contributed by atoms with Crippen LogP contribution in [0.2, 0.25) is 0 Å². The van der Waals surface area contributed by atoms with Crippen LogP contribution >= 0.6 is 0 Å². The van der Waals surface area contributed by atoms with Gasteiger partial charge >= 0.3 is 6.03 Å². The minimum atomic E-state index is -0.582. The van der Waals surface area contributed by atoms with Crippen molar-refractivity contribution in [3.8, 4) is 5.75 Å².